The van der Waals surface area contributed by atoms with E-state index in [2.05, 4.69) is 4.90 Å². The van der Waals surface area contributed by atoms with Crippen molar-refractivity contribution in [2.45, 2.75) is 32.8 Å². The Balaban J connectivity index is 2.28. The number of hydrogen-bond acceptors (Lipinski definition) is 4. The zero-order chi connectivity index (χ0) is 10.6. The van der Waals surface area contributed by atoms with E-state index in [0.29, 0.717) is 6.54 Å². The summed E-state index contributed by atoms with van der Waals surface area (Å²) in [6, 6.07) is 0. The third kappa shape index (κ3) is 4.39. The maximum absolute atomic E-state index is 11.3. The van der Waals surface area contributed by atoms with Crippen LogP contribution in [0.15, 0.2) is 0 Å². The van der Waals surface area contributed by atoms with Crippen molar-refractivity contribution in [2.75, 3.05) is 25.4 Å². The van der Waals surface area contributed by atoms with Gasteiger partial charge in [0.2, 0.25) is 0 Å². The van der Waals surface area contributed by atoms with Gasteiger partial charge >= 0.3 is 0 Å². The lowest BCUT2D eigenvalue weighted by Gasteiger charge is -2.14. The minimum atomic E-state index is -3.31. The monoisotopic (exact) mass is 221 g/mol. The molecule has 0 atom stereocenters. The van der Waals surface area contributed by atoms with Crippen LogP contribution in [0, 0.1) is 0 Å². The van der Waals surface area contributed by atoms with Gasteiger partial charge in [-0.3, -0.25) is 4.18 Å². The lowest BCUT2D eigenvalue weighted by Crippen LogP contribution is -2.28. The molecular weight excluding hydrogens is 202 g/mol. The van der Waals surface area contributed by atoms with Crippen molar-refractivity contribution < 1.29 is 12.6 Å². The van der Waals surface area contributed by atoms with Crippen LogP contribution in [0.2, 0.25) is 0 Å². The zero-order valence-electron chi connectivity index (χ0n) is 8.90. The Bertz CT molecular complexity index is 255. The van der Waals surface area contributed by atoms with Gasteiger partial charge < -0.3 is 4.90 Å². The summed E-state index contributed by atoms with van der Waals surface area (Å²) in [4.78, 5) is 2.17. The van der Waals surface area contributed by atoms with Gasteiger partial charge in [-0.25, -0.2) is 0 Å². The number of likely N-dealkylation sites (tertiary alicyclic amines) is 1. The van der Waals surface area contributed by atoms with E-state index in [1.165, 1.54) is 12.8 Å². The van der Waals surface area contributed by atoms with Crippen molar-refractivity contribution in [1.29, 1.82) is 0 Å². The largest absolute Gasteiger partial charge is 0.302 e. The van der Waals surface area contributed by atoms with Crippen molar-refractivity contribution in [3.63, 3.8) is 0 Å². The van der Waals surface area contributed by atoms with Crippen molar-refractivity contribution in [3.05, 3.63) is 0 Å². The molecule has 0 unspecified atom stereocenters. The van der Waals surface area contributed by atoms with Crippen LogP contribution in [0.3, 0.4) is 0 Å². The molecule has 4 nitrogen and oxygen atoms in total. The average molecular weight is 221 g/mol. The Kier molecular flexibility index (Phi) is 4.34. The number of rotatable bonds is 5. The predicted molar refractivity (Wildman–Crippen MR) is 55.7 cm³/mol. The second-order valence-corrected chi connectivity index (χ2v) is 5.67. The summed E-state index contributed by atoms with van der Waals surface area (Å²) < 4.78 is 27.5. The van der Waals surface area contributed by atoms with Crippen molar-refractivity contribution >= 4 is 10.1 Å². The lowest BCUT2D eigenvalue weighted by atomic mass is 10.4. The topological polar surface area (TPSA) is 46.6 Å². The molecule has 84 valence electrons. The first-order chi connectivity index (χ1) is 6.49. The maximum Gasteiger partial charge on any atom is 0.268 e. The molecule has 0 amide bonds. The highest BCUT2D eigenvalue weighted by Gasteiger charge is 2.17. The highest BCUT2D eigenvalue weighted by molar-refractivity contribution is 7.86. The molecule has 0 bridgehead atoms. The minimum Gasteiger partial charge on any atom is -0.302 e. The van der Waals surface area contributed by atoms with Crippen molar-refractivity contribution in [2.24, 2.45) is 0 Å². The Morgan fingerprint density at radius 2 is 1.86 bits per heavy atom. The van der Waals surface area contributed by atoms with Crippen LogP contribution in [0.4, 0.5) is 0 Å². The SMILES string of the molecule is CC(C)OS(=O)(=O)CCN1CCCC1. The third-order valence-electron chi connectivity index (χ3n) is 2.20. The van der Waals surface area contributed by atoms with Crippen LogP contribution in [-0.4, -0.2) is 44.8 Å². The molecule has 0 radical (unpaired) electrons. The van der Waals surface area contributed by atoms with Gasteiger partial charge in [-0.05, 0) is 39.8 Å². The summed E-state index contributed by atoms with van der Waals surface area (Å²) in [6.07, 6.45) is 2.12. The van der Waals surface area contributed by atoms with Gasteiger partial charge in [0.25, 0.3) is 10.1 Å². The van der Waals surface area contributed by atoms with Crippen LogP contribution in [0.1, 0.15) is 26.7 Å². The molecule has 1 aliphatic heterocycles. The van der Waals surface area contributed by atoms with Crippen LogP contribution in [-0.2, 0) is 14.3 Å². The standard InChI is InChI=1S/C9H19NO3S/c1-9(2)13-14(11,12)8-7-10-5-3-4-6-10/h9H,3-8H2,1-2H3. The van der Waals surface area contributed by atoms with Gasteiger partial charge in [0.1, 0.15) is 0 Å². The molecule has 1 fully saturated rings. The molecule has 0 aromatic carbocycles. The van der Waals surface area contributed by atoms with Crippen LogP contribution in [0.25, 0.3) is 0 Å². The molecule has 1 saturated heterocycles. The van der Waals surface area contributed by atoms with E-state index in [9.17, 15) is 8.42 Å². The summed E-state index contributed by atoms with van der Waals surface area (Å²) in [5, 5.41) is 0. The maximum atomic E-state index is 11.3. The Morgan fingerprint density at radius 3 is 2.36 bits per heavy atom. The van der Waals surface area contributed by atoms with E-state index >= 15 is 0 Å². The van der Waals surface area contributed by atoms with Gasteiger partial charge in [-0.2, -0.15) is 8.42 Å². The minimum absolute atomic E-state index is 0.116. The molecule has 1 aliphatic rings. The Hall–Kier alpha value is -0.130. The molecule has 1 heterocycles. The van der Waals surface area contributed by atoms with Gasteiger partial charge in [-0.1, -0.05) is 0 Å². The molecule has 0 spiro atoms. The van der Waals surface area contributed by atoms with Crippen molar-refractivity contribution in [1.82, 2.24) is 4.90 Å². The molecular formula is C9H19NO3S. The normalized spacial score (nSPS) is 19.4. The highest BCUT2D eigenvalue weighted by Crippen LogP contribution is 2.08. The first-order valence-corrected chi connectivity index (χ1v) is 6.71. The van der Waals surface area contributed by atoms with E-state index in [1.807, 2.05) is 0 Å². The molecule has 14 heavy (non-hydrogen) atoms. The molecule has 0 aromatic heterocycles. The molecule has 1 rings (SSSR count). The molecule has 0 aromatic rings. The summed E-state index contributed by atoms with van der Waals surface area (Å²) in [5.41, 5.74) is 0. The van der Waals surface area contributed by atoms with Crippen LogP contribution in [0.5, 0.6) is 0 Å². The van der Waals surface area contributed by atoms with E-state index in [4.69, 9.17) is 4.18 Å². The second-order valence-electron chi connectivity index (χ2n) is 3.96. The average Bonchev–Trinajstić information content (AvgIpc) is 2.50. The zero-order valence-corrected chi connectivity index (χ0v) is 9.72. The van der Waals surface area contributed by atoms with Gasteiger partial charge in [-0.15, -0.1) is 0 Å². The van der Waals surface area contributed by atoms with E-state index in [-0.39, 0.29) is 11.9 Å². The molecule has 0 N–H and O–H groups in total. The van der Waals surface area contributed by atoms with E-state index < -0.39 is 10.1 Å². The first-order valence-electron chi connectivity index (χ1n) is 5.13. The number of nitrogens with zero attached hydrogens (tertiary/aromatic N) is 1. The summed E-state index contributed by atoms with van der Waals surface area (Å²) in [5.74, 6) is 0.116. The van der Waals surface area contributed by atoms with Gasteiger partial charge in [0.05, 0.1) is 11.9 Å². The smallest absolute Gasteiger partial charge is 0.268 e. The summed E-state index contributed by atoms with van der Waals surface area (Å²) >= 11 is 0. The first kappa shape index (κ1) is 11.9. The van der Waals surface area contributed by atoms with Crippen LogP contribution < -0.4 is 0 Å². The second kappa shape index (κ2) is 5.09. The van der Waals surface area contributed by atoms with E-state index in [0.717, 1.165) is 13.1 Å². The van der Waals surface area contributed by atoms with E-state index in [1.54, 1.807) is 13.8 Å². The fourth-order valence-electron chi connectivity index (χ4n) is 1.59. The Labute approximate surface area is 86.4 Å². The predicted octanol–water partition coefficient (Wildman–Crippen LogP) is 0.837. The van der Waals surface area contributed by atoms with Crippen molar-refractivity contribution in [3.8, 4) is 0 Å². The fourth-order valence-corrected chi connectivity index (χ4v) is 2.75. The number of hydrogen-bond donors (Lipinski definition) is 0. The molecule has 0 saturated carbocycles. The lowest BCUT2D eigenvalue weighted by molar-refractivity contribution is 0.245. The third-order valence-corrected chi connectivity index (χ3v) is 3.56. The fraction of sp³-hybridized carbons (Fsp3) is 1.00. The quantitative estimate of drug-likeness (QED) is 0.645. The molecule has 0 aliphatic carbocycles. The van der Waals surface area contributed by atoms with Gasteiger partial charge in [0, 0.05) is 6.54 Å². The van der Waals surface area contributed by atoms with Crippen LogP contribution >= 0.6 is 0 Å². The Morgan fingerprint density at radius 1 is 1.29 bits per heavy atom. The summed E-state index contributed by atoms with van der Waals surface area (Å²) in [6.45, 7) is 6.12. The van der Waals surface area contributed by atoms with Gasteiger partial charge in [0.15, 0.2) is 0 Å². The molecule has 5 heteroatoms. The summed E-state index contributed by atoms with van der Waals surface area (Å²) in [7, 11) is -3.31. The highest BCUT2D eigenvalue weighted by atomic mass is 32.2.